The Morgan fingerprint density at radius 1 is 0.970 bits per heavy atom. The van der Waals surface area contributed by atoms with Crippen LogP contribution in [-0.4, -0.2) is 24.2 Å². The summed E-state index contributed by atoms with van der Waals surface area (Å²) in [6, 6.07) is 19.7. The van der Waals surface area contributed by atoms with Crippen LogP contribution in [0.4, 0.5) is 11.4 Å². The molecule has 3 aromatic rings. The van der Waals surface area contributed by atoms with E-state index >= 15 is 0 Å². The molecule has 0 saturated heterocycles. The van der Waals surface area contributed by atoms with Crippen LogP contribution < -0.4 is 9.62 Å². The third kappa shape index (κ3) is 4.19. The van der Waals surface area contributed by atoms with Gasteiger partial charge >= 0.3 is 0 Å². The molecule has 0 aromatic heterocycles. The van der Waals surface area contributed by atoms with Gasteiger partial charge in [-0.2, -0.15) is 0 Å². The Morgan fingerprint density at radius 2 is 1.55 bits per heavy atom. The number of aliphatic hydroxyl groups excluding tert-OH is 1. The van der Waals surface area contributed by atoms with Crippen molar-refractivity contribution in [2.24, 2.45) is 0 Å². The fourth-order valence-corrected chi connectivity index (χ4v) is 5.59. The van der Waals surface area contributed by atoms with Gasteiger partial charge in [0.2, 0.25) is 4.75 Å². The number of benzene rings is 3. The highest BCUT2D eigenvalue weighted by atomic mass is 35.5. The summed E-state index contributed by atoms with van der Waals surface area (Å²) in [4.78, 5) is 13.4. The van der Waals surface area contributed by atoms with Crippen LogP contribution >= 0.6 is 23.2 Å². The van der Waals surface area contributed by atoms with Gasteiger partial charge in [0.1, 0.15) is 5.76 Å². The molecule has 3 aromatic carbocycles. The highest BCUT2D eigenvalue weighted by Crippen LogP contribution is 2.40. The van der Waals surface area contributed by atoms with Crippen LogP contribution in [0.1, 0.15) is 18.1 Å². The van der Waals surface area contributed by atoms with E-state index in [2.05, 4.69) is 5.32 Å². The van der Waals surface area contributed by atoms with Crippen molar-refractivity contribution in [1.29, 1.82) is 0 Å². The summed E-state index contributed by atoms with van der Waals surface area (Å²) in [6.07, 6.45) is 1.32. The quantitative estimate of drug-likeness (QED) is 0.483. The van der Waals surface area contributed by atoms with Crippen LogP contribution in [0.3, 0.4) is 0 Å². The van der Waals surface area contributed by atoms with Crippen molar-refractivity contribution < 1.29 is 18.3 Å². The molecule has 1 atom stereocenters. The van der Waals surface area contributed by atoms with Gasteiger partial charge in [0.15, 0.2) is 0 Å². The van der Waals surface area contributed by atoms with E-state index in [9.17, 15) is 18.3 Å². The van der Waals surface area contributed by atoms with E-state index in [0.717, 1.165) is 4.31 Å². The lowest BCUT2D eigenvalue weighted by Gasteiger charge is -2.33. The SMILES string of the molecule is CC1(C(=O)Nc2ccc(Cl)cc2)C(O)=Cc2ccccc2N(Cc2ccc(Cl)cc2)S1(=O)=O. The Hall–Kier alpha value is -3.00. The standard InChI is InChI=1S/C24H20Cl2N2O4S/c1-24(23(30)27-20-12-10-19(26)11-13-20)22(29)14-17-4-2-3-5-21(17)28(33(24,31)32)15-16-6-8-18(25)9-7-16/h2-14,29H,15H2,1H3,(H,27,30). The predicted molar refractivity (Wildman–Crippen MR) is 132 cm³/mol. The van der Waals surface area contributed by atoms with E-state index in [1.54, 1.807) is 72.8 Å². The number of carbonyl (C=O) groups is 1. The molecule has 0 aliphatic carbocycles. The van der Waals surface area contributed by atoms with E-state index < -0.39 is 26.4 Å². The Bertz CT molecular complexity index is 1340. The molecule has 33 heavy (non-hydrogen) atoms. The van der Waals surface area contributed by atoms with Crippen molar-refractivity contribution in [3.05, 3.63) is 99.7 Å². The fourth-order valence-electron chi connectivity index (χ4n) is 3.55. The van der Waals surface area contributed by atoms with Gasteiger partial charge in [0.25, 0.3) is 15.9 Å². The van der Waals surface area contributed by atoms with Gasteiger partial charge < -0.3 is 10.4 Å². The average molecular weight is 503 g/mol. The van der Waals surface area contributed by atoms with Crippen molar-refractivity contribution in [2.75, 3.05) is 9.62 Å². The maximum Gasteiger partial charge on any atom is 0.257 e. The number of hydrogen-bond acceptors (Lipinski definition) is 4. The maximum atomic E-state index is 14.0. The van der Waals surface area contributed by atoms with Crippen LogP contribution in [0.25, 0.3) is 6.08 Å². The Labute approximate surface area is 202 Å². The van der Waals surface area contributed by atoms with E-state index in [1.807, 2.05) is 0 Å². The largest absolute Gasteiger partial charge is 0.510 e. The second kappa shape index (κ2) is 8.74. The first-order valence-electron chi connectivity index (χ1n) is 9.97. The lowest BCUT2D eigenvalue weighted by molar-refractivity contribution is -0.118. The molecule has 0 saturated carbocycles. The zero-order valence-corrected chi connectivity index (χ0v) is 19.8. The highest BCUT2D eigenvalue weighted by Gasteiger charge is 2.55. The number of nitrogens with one attached hydrogen (secondary N) is 1. The molecule has 0 radical (unpaired) electrons. The number of carbonyl (C=O) groups excluding carboxylic acids is 1. The summed E-state index contributed by atoms with van der Waals surface area (Å²) >= 11 is 11.9. The second-order valence-electron chi connectivity index (χ2n) is 7.72. The number of fused-ring (bicyclic) bond motifs is 1. The molecule has 6 nitrogen and oxygen atoms in total. The maximum absolute atomic E-state index is 14.0. The molecular formula is C24H20Cl2N2O4S. The number of halogens is 2. The molecule has 0 spiro atoms. The van der Waals surface area contributed by atoms with Crippen molar-refractivity contribution in [3.63, 3.8) is 0 Å². The lowest BCUT2D eigenvalue weighted by atomic mass is 10.0. The average Bonchev–Trinajstić information content (AvgIpc) is 2.85. The smallest absolute Gasteiger partial charge is 0.257 e. The fraction of sp³-hybridized carbons (Fsp3) is 0.125. The summed E-state index contributed by atoms with van der Waals surface area (Å²) in [5.74, 6) is -1.48. The number of anilines is 2. The summed E-state index contributed by atoms with van der Waals surface area (Å²) < 4.78 is 26.9. The number of para-hydroxylation sites is 1. The van der Waals surface area contributed by atoms with E-state index in [0.29, 0.717) is 32.5 Å². The molecule has 1 unspecified atom stereocenters. The summed E-state index contributed by atoms with van der Waals surface area (Å²) in [5.41, 5.74) is 1.83. The molecule has 1 aliphatic heterocycles. The minimum Gasteiger partial charge on any atom is -0.510 e. The third-order valence-corrected chi connectivity index (χ3v) is 8.40. The Morgan fingerprint density at radius 3 is 2.18 bits per heavy atom. The molecule has 2 N–H and O–H groups in total. The van der Waals surface area contributed by atoms with Gasteiger partial charge in [-0.05, 0) is 61.0 Å². The molecule has 1 aliphatic rings. The number of amides is 1. The monoisotopic (exact) mass is 502 g/mol. The van der Waals surface area contributed by atoms with Crippen molar-refractivity contribution in [3.8, 4) is 0 Å². The minimum absolute atomic E-state index is 0.0541. The molecule has 170 valence electrons. The lowest BCUT2D eigenvalue weighted by Crippen LogP contribution is -2.54. The van der Waals surface area contributed by atoms with Crippen LogP contribution in [-0.2, 0) is 21.4 Å². The first-order chi connectivity index (χ1) is 15.6. The zero-order chi connectivity index (χ0) is 23.8. The molecule has 0 fully saturated rings. The number of nitrogens with zero attached hydrogens (tertiary/aromatic N) is 1. The van der Waals surface area contributed by atoms with E-state index in [-0.39, 0.29) is 6.54 Å². The predicted octanol–water partition coefficient (Wildman–Crippen LogP) is 5.64. The molecule has 1 heterocycles. The van der Waals surface area contributed by atoms with Crippen molar-refractivity contribution in [2.45, 2.75) is 18.2 Å². The van der Waals surface area contributed by atoms with E-state index in [1.165, 1.54) is 13.0 Å². The van der Waals surface area contributed by atoms with Gasteiger partial charge in [0, 0.05) is 21.3 Å². The molecule has 1 amide bonds. The van der Waals surface area contributed by atoms with Gasteiger partial charge in [-0.25, -0.2) is 8.42 Å². The third-order valence-electron chi connectivity index (χ3n) is 5.57. The van der Waals surface area contributed by atoms with E-state index in [4.69, 9.17) is 23.2 Å². The first kappa shape index (κ1) is 23.2. The summed E-state index contributed by atoms with van der Waals surface area (Å²) in [7, 11) is -4.45. The molecule has 9 heteroatoms. The van der Waals surface area contributed by atoms with Gasteiger partial charge in [-0.1, -0.05) is 53.5 Å². The minimum atomic E-state index is -4.45. The molecule has 0 bridgehead atoms. The Balaban J connectivity index is 1.82. The normalized spacial score (nSPS) is 19.2. The summed E-state index contributed by atoms with van der Waals surface area (Å²) in [5, 5.41) is 14.5. The zero-order valence-electron chi connectivity index (χ0n) is 17.5. The number of aliphatic hydroxyl groups is 1. The van der Waals surface area contributed by atoms with Gasteiger partial charge in [-0.15, -0.1) is 0 Å². The van der Waals surface area contributed by atoms with Gasteiger partial charge in [-0.3, -0.25) is 9.10 Å². The van der Waals surface area contributed by atoms with Crippen LogP contribution in [0, 0.1) is 0 Å². The van der Waals surface area contributed by atoms with Crippen LogP contribution in [0.5, 0.6) is 0 Å². The van der Waals surface area contributed by atoms with Crippen molar-refractivity contribution in [1.82, 2.24) is 0 Å². The first-order valence-corrected chi connectivity index (χ1v) is 12.2. The van der Waals surface area contributed by atoms with Crippen LogP contribution in [0.15, 0.2) is 78.6 Å². The molecule has 4 rings (SSSR count). The van der Waals surface area contributed by atoms with Gasteiger partial charge in [0.05, 0.1) is 12.2 Å². The highest BCUT2D eigenvalue weighted by molar-refractivity contribution is 7.95. The Kier molecular flexibility index (Phi) is 6.14. The number of sulfonamides is 1. The van der Waals surface area contributed by atoms with Crippen molar-refractivity contribution >= 4 is 56.6 Å². The second-order valence-corrected chi connectivity index (χ2v) is 10.8. The topological polar surface area (TPSA) is 86.7 Å². The number of hydrogen-bond donors (Lipinski definition) is 2. The van der Waals surface area contributed by atoms with Crippen LogP contribution in [0.2, 0.25) is 10.0 Å². The number of rotatable bonds is 4. The molecular weight excluding hydrogens is 483 g/mol. The summed E-state index contributed by atoms with van der Waals surface area (Å²) in [6.45, 7) is 1.14.